The molecule has 0 fully saturated rings. The van der Waals surface area contributed by atoms with Gasteiger partial charge in [0.05, 0.1) is 31.2 Å². The lowest BCUT2D eigenvalue weighted by atomic mass is 10.1. The number of carbonyl (C=O) groups is 1. The zero-order valence-electron chi connectivity index (χ0n) is 6.94. The van der Waals surface area contributed by atoms with E-state index in [-0.39, 0.29) is 31.2 Å². The van der Waals surface area contributed by atoms with Gasteiger partial charge in [0.1, 0.15) is 6.07 Å². The molecule has 0 aliphatic rings. The maximum atomic E-state index is 11.0. The van der Waals surface area contributed by atoms with Crippen molar-refractivity contribution in [1.29, 1.82) is 5.26 Å². The number of benzene rings is 1. The summed E-state index contributed by atoms with van der Waals surface area (Å²) in [5.74, 6) is -0.875. The van der Waals surface area contributed by atoms with Crippen LogP contribution in [0.25, 0.3) is 0 Å². The summed E-state index contributed by atoms with van der Waals surface area (Å²) in [6, 6.07) is 1.71. The Morgan fingerprint density at radius 1 is 1.07 bits per heavy atom. The molecule has 0 saturated heterocycles. The Balaban J connectivity index is 3.78. The van der Waals surface area contributed by atoms with Crippen LogP contribution in [-0.2, 0) is 0 Å². The Morgan fingerprint density at radius 2 is 1.60 bits per heavy atom. The number of primary amides is 1. The van der Waals surface area contributed by atoms with E-state index in [1.165, 1.54) is 0 Å². The number of hydrogen-bond donors (Lipinski definition) is 1. The molecule has 1 rings (SSSR count). The van der Waals surface area contributed by atoms with Crippen LogP contribution >= 0.6 is 46.4 Å². The minimum Gasteiger partial charge on any atom is -0.366 e. The fourth-order valence-corrected chi connectivity index (χ4v) is 2.12. The van der Waals surface area contributed by atoms with Gasteiger partial charge >= 0.3 is 0 Å². The second-order valence-electron chi connectivity index (χ2n) is 2.48. The Morgan fingerprint density at radius 3 is 2.00 bits per heavy atom. The quantitative estimate of drug-likeness (QED) is 0.635. The molecule has 0 aliphatic carbocycles. The molecule has 0 bridgehead atoms. The number of hydrogen-bond acceptors (Lipinski definition) is 2. The van der Waals surface area contributed by atoms with Gasteiger partial charge in [-0.05, 0) is 0 Å². The van der Waals surface area contributed by atoms with Crippen molar-refractivity contribution in [3.05, 3.63) is 31.2 Å². The van der Waals surface area contributed by atoms with Crippen LogP contribution in [-0.4, -0.2) is 5.91 Å². The molecule has 1 aromatic carbocycles. The van der Waals surface area contributed by atoms with Gasteiger partial charge in [0.15, 0.2) is 0 Å². The molecule has 0 radical (unpaired) electrons. The van der Waals surface area contributed by atoms with Crippen LogP contribution < -0.4 is 5.73 Å². The predicted molar refractivity (Wildman–Crippen MR) is 59.7 cm³/mol. The highest BCUT2D eigenvalue weighted by Crippen LogP contribution is 2.40. The van der Waals surface area contributed by atoms with Crippen molar-refractivity contribution < 1.29 is 4.79 Å². The van der Waals surface area contributed by atoms with E-state index in [4.69, 9.17) is 57.4 Å². The third-order valence-electron chi connectivity index (χ3n) is 1.62. The molecular weight excluding hydrogens is 282 g/mol. The van der Waals surface area contributed by atoms with Crippen molar-refractivity contribution in [2.75, 3.05) is 0 Å². The third-order valence-corrected chi connectivity index (χ3v) is 3.33. The number of nitrogens with two attached hydrogens (primary N) is 1. The molecule has 0 heterocycles. The van der Waals surface area contributed by atoms with Gasteiger partial charge in [-0.2, -0.15) is 5.26 Å². The monoisotopic (exact) mass is 282 g/mol. The van der Waals surface area contributed by atoms with Gasteiger partial charge in [-0.3, -0.25) is 4.79 Å². The Kier molecular flexibility index (Phi) is 3.69. The first-order valence-corrected chi connectivity index (χ1v) is 4.98. The summed E-state index contributed by atoms with van der Waals surface area (Å²) in [7, 11) is 0. The third kappa shape index (κ3) is 1.99. The number of carbonyl (C=O) groups excluding carboxylic acids is 1. The van der Waals surface area contributed by atoms with E-state index in [1.807, 2.05) is 0 Å². The zero-order chi connectivity index (χ0) is 11.7. The second-order valence-corrected chi connectivity index (χ2v) is 3.99. The molecule has 7 heteroatoms. The highest BCUT2D eigenvalue weighted by atomic mass is 35.5. The van der Waals surface area contributed by atoms with E-state index < -0.39 is 5.91 Å². The average Bonchev–Trinajstić information content (AvgIpc) is 2.15. The fourth-order valence-electron chi connectivity index (χ4n) is 0.948. The molecule has 0 atom stereocenters. The van der Waals surface area contributed by atoms with Gasteiger partial charge in [-0.25, -0.2) is 0 Å². The summed E-state index contributed by atoms with van der Waals surface area (Å²) >= 11 is 22.9. The van der Waals surface area contributed by atoms with Gasteiger partial charge in [0, 0.05) is 0 Å². The van der Waals surface area contributed by atoms with E-state index in [2.05, 4.69) is 0 Å². The molecular formula is C8H2Cl4N2O. The lowest BCUT2D eigenvalue weighted by Gasteiger charge is -2.08. The Labute approximate surface area is 105 Å². The number of nitriles is 1. The van der Waals surface area contributed by atoms with E-state index >= 15 is 0 Å². The van der Waals surface area contributed by atoms with E-state index in [0.29, 0.717) is 0 Å². The fraction of sp³-hybridized carbons (Fsp3) is 0. The number of rotatable bonds is 1. The van der Waals surface area contributed by atoms with Crippen molar-refractivity contribution in [3.63, 3.8) is 0 Å². The Bertz CT molecular complexity index is 493. The molecule has 0 aromatic heterocycles. The normalized spacial score (nSPS) is 9.80. The lowest BCUT2D eigenvalue weighted by Crippen LogP contribution is -2.13. The molecule has 3 nitrogen and oxygen atoms in total. The van der Waals surface area contributed by atoms with E-state index in [1.54, 1.807) is 6.07 Å². The first kappa shape index (κ1) is 12.4. The summed E-state index contributed by atoms with van der Waals surface area (Å²) in [5, 5.41) is 8.19. The van der Waals surface area contributed by atoms with Gasteiger partial charge in [-0.15, -0.1) is 0 Å². The SMILES string of the molecule is N#Cc1c(Cl)c(Cl)c(Cl)c(C(N)=O)c1Cl. The topological polar surface area (TPSA) is 66.9 Å². The van der Waals surface area contributed by atoms with Crippen LogP contribution in [0.3, 0.4) is 0 Å². The molecule has 1 aromatic rings. The first-order chi connectivity index (χ1) is 6.91. The summed E-state index contributed by atoms with van der Waals surface area (Å²) < 4.78 is 0. The summed E-state index contributed by atoms with van der Waals surface area (Å²) in [6.45, 7) is 0. The Hall–Kier alpha value is -0.660. The molecule has 0 unspecified atom stereocenters. The maximum absolute atomic E-state index is 11.0. The van der Waals surface area contributed by atoms with Crippen LogP contribution in [0.15, 0.2) is 0 Å². The second kappa shape index (κ2) is 4.46. The van der Waals surface area contributed by atoms with Gasteiger partial charge in [0.2, 0.25) is 0 Å². The summed E-state index contributed by atoms with van der Waals surface area (Å²) in [5.41, 5.74) is 4.71. The minimum atomic E-state index is -0.875. The number of nitrogens with zero attached hydrogens (tertiary/aromatic N) is 1. The van der Waals surface area contributed by atoms with Crippen molar-refractivity contribution in [2.45, 2.75) is 0 Å². The standard InChI is InChI=1S/C8H2Cl4N2O/c9-4-2(1-13)5(10)7(12)6(11)3(4)8(14)15/h(H2,14,15). The van der Waals surface area contributed by atoms with E-state index in [0.717, 1.165) is 0 Å². The van der Waals surface area contributed by atoms with E-state index in [9.17, 15) is 4.79 Å². The zero-order valence-corrected chi connectivity index (χ0v) is 9.97. The smallest absolute Gasteiger partial charge is 0.251 e. The van der Waals surface area contributed by atoms with Crippen molar-refractivity contribution in [3.8, 4) is 6.07 Å². The summed E-state index contributed by atoms with van der Waals surface area (Å²) in [6.07, 6.45) is 0. The molecule has 15 heavy (non-hydrogen) atoms. The molecule has 78 valence electrons. The largest absolute Gasteiger partial charge is 0.366 e. The van der Waals surface area contributed by atoms with Crippen LogP contribution in [0.2, 0.25) is 20.1 Å². The van der Waals surface area contributed by atoms with Crippen LogP contribution in [0.4, 0.5) is 0 Å². The maximum Gasteiger partial charge on any atom is 0.251 e. The summed E-state index contributed by atoms with van der Waals surface area (Å²) in [4.78, 5) is 11.0. The molecule has 1 amide bonds. The van der Waals surface area contributed by atoms with Gasteiger partial charge in [-0.1, -0.05) is 46.4 Å². The van der Waals surface area contributed by atoms with Crippen molar-refractivity contribution in [2.24, 2.45) is 5.73 Å². The first-order valence-electron chi connectivity index (χ1n) is 3.47. The van der Waals surface area contributed by atoms with Crippen molar-refractivity contribution >= 4 is 52.3 Å². The number of halogens is 4. The number of amides is 1. The van der Waals surface area contributed by atoms with Crippen LogP contribution in [0.5, 0.6) is 0 Å². The van der Waals surface area contributed by atoms with Gasteiger partial charge in [0.25, 0.3) is 5.91 Å². The van der Waals surface area contributed by atoms with Crippen LogP contribution in [0.1, 0.15) is 15.9 Å². The van der Waals surface area contributed by atoms with Crippen LogP contribution in [0, 0.1) is 11.3 Å². The molecule has 0 aliphatic heterocycles. The highest BCUT2D eigenvalue weighted by molar-refractivity contribution is 6.51. The predicted octanol–water partition coefficient (Wildman–Crippen LogP) is 3.27. The van der Waals surface area contributed by atoms with Gasteiger partial charge < -0.3 is 5.73 Å². The molecule has 0 spiro atoms. The van der Waals surface area contributed by atoms with Crippen molar-refractivity contribution in [1.82, 2.24) is 0 Å². The highest BCUT2D eigenvalue weighted by Gasteiger charge is 2.23. The molecule has 0 saturated carbocycles. The minimum absolute atomic E-state index is 0.0980. The average molecular weight is 284 g/mol. The lowest BCUT2D eigenvalue weighted by molar-refractivity contribution is 0.100. The molecule has 2 N–H and O–H groups in total.